The lowest BCUT2D eigenvalue weighted by molar-refractivity contribution is 0.109. The van der Waals surface area contributed by atoms with Gasteiger partial charge in [0.1, 0.15) is 0 Å². The minimum absolute atomic E-state index is 0.173. The number of sulfone groups is 1. The van der Waals surface area contributed by atoms with Gasteiger partial charge in [-0.15, -0.1) is 0 Å². The normalized spacial score (nSPS) is 27.7. The molecular weight excluding hydrogens is 202 g/mol. The monoisotopic (exact) mass is 221 g/mol. The second-order valence-corrected chi connectivity index (χ2v) is 5.95. The lowest BCUT2D eigenvalue weighted by Gasteiger charge is -2.21. The molecule has 0 saturated carbocycles. The number of hydrogen-bond donors (Lipinski definition) is 1. The van der Waals surface area contributed by atoms with Crippen LogP contribution in [0.1, 0.15) is 13.3 Å². The maximum absolute atomic E-state index is 11.3. The highest BCUT2D eigenvalue weighted by atomic mass is 32.2. The van der Waals surface area contributed by atoms with Crippen LogP contribution in [-0.4, -0.2) is 46.2 Å². The standard InChI is InChI=1S/C9H19NO3S/c1-3-13-6-9(10-2)8-4-5-14(11,12)7-8/h8-10H,3-7H2,1-2H3. The van der Waals surface area contributed by atoms with Crippen LogP contribution in [0.3, 0.4) is 0 Å². The molecule has 2 atom stereocenters. The second kappa shape index (κ2) is 5.09. The average Bonchev–Trinajstić information content (AvgIpc) is 2.48. The minimum atomic E-state index is -2.77. The van der Waals surface area contributed by atoms with E-state index in [-0.39, 0.29) is 12.0 Å². The zero-order chi connectivity index (χ0) is 10.6. The molecule has 0 aromatic carbocycles. The highest BCUT2D eigenvalue weighted by Crippen LogP contribution is 2.21. The first-order valence-electron chi connectivity index (χ1n) is 5.04. The predicted molar refractivity (Wildman–Crippen MR) is 56.1 cm³/mol. The number of nitrogens with one attached hydrogen (secondary N) is 1. The molecule has 1 saturated heterocycles. The van der Waals surface area contributed by atoms with Crippen LogP contribution in [0, 0.1) is 5.92 Å². The summed E-state index contributed by atoms with van der Waals surface area (Å²) >= 11 is 0. The quantitative estimate of drug-likeness (QED) is 0.712. The van der Waals surface area contributed by atoms with Gasteiger partial charge < -0.3 is 10.1 Å². The van der Waals surface area contributed by atoms with Crippen LogP contribution < -0.4 is 5.32 Å². The molecule has 1 rings (SSSR count). The van der Waals surface area contributed by atoms with Crippen molar-refractivity contribution in [3.05, 3.63) is 0 Å². The molecule has 0 spiro atoms. The molecular formula is C9H19NO3S. The Morgan fingerprint density at radius 2 is 2.29 bits per heavy atom. The second-order valence-electron chi connectivity index (χ2n) is 3.72. The van der Waals surface area contributed by atoms with E-state index < -0.39 is 9.84 Å². The summed E-state index contributed by atoms with van der Waals surface area (Å²) in [4.78, 5) is 0. The summed E-state index contributed by atoms with van der Waals surface area (Å²) in [5, 5.41) is 3.13. The fourth-order valence-corrected chi connectivity index (χ4v) is 3.72. The van der Waals surface area contributed by atoms with Gasteiger partial charge in [0.2, 0.25) is 0 Å². The molecule has 84 valence electrons. The van der Waals surface area contributed by atoms with Crippen molar-refractivity contribution in [2.45, 2.75) is 19.4 Å². The molecule has 4 nitrogen and oxygen atoms in total. The molecule has 5 heteroatoms. The summed E-state index contributed by atoms with van der Waals surface area (Å²) in [5.41, 5.74) is 0. The van der Waals surface area contributed by atoms with Crippen LogP contribution in [0.5, 0.6) is 0 Å². The fraction of sp³-hybridized carbons (Fsp3) is 1.00. The summed E-state index contributed by atoms with van der Waals surface area (Å²) in [7, 11) is -0.915. The Morgan fingerprint density at radius 1 is 1.57 bits per heavy atom. The molecule has 0 aliphatic carbocycles. The van der Waals surface area contributed by atoms with Gasteiger partial charge in [0, 0.05) is 12.6 Å². The van der Waals surface area contributed by atoms with Crippen molar-refractivity contribution < 1.29 is 13.2 Å². The summed E-state index contributed by atoms with van der Waals surface area (Å²) in [6.07, 6.45) is 0.765. The van der Waals surface area contributed by atoms with Gasteiger partial charge in [0.05, 0.1) is 18.1 Å². The highest BCUT2D eigenvalue weighted by molar-refractivity contribution is 7.91. The molecule has 14 heavy (non-hydrogen) atoms. The third kappa shape index (κ3) is 3.22. The van der Waals surface area contributed by atoms with Crippen molar-refractivity contribution in [1.82, 2.24) is 5.32 Å². The van der Waals surface area contributed by atoms with Gasteiger partial charge in [0.15, 0.2) is 9.84 Å². The lowest BCUT2D eigenvalue weighted by Crippen LogP contribution is -2.38. The SMILES string of the molecule is CCOCC(NC)C1CCS(=O)(=O)C1. The Hall–Kier alpha value is -0.130. The van der Waals surface area contributed by atoms with E-state index in [9.17, 15) is 8.42 Å². The van der Waals surface area contributed by atoms with Crippen LogP contribution in [0.25, 0.3) is 0 Å². The third-order valence-electron chi connectivity index (χ3n) is 2.71. The van der Waals surface area contributed by atoms with Gasteiger partial charge in [-0.1, -0.05) is 0 Å². The molecule has 0 aromatic heterocycles. The van der Waals surface area contributed by atoms with Crippen LogP contribution >= 0.6 is 0 Å². The summed E-state index contributed by atoms with van der Waals surface area (Å²) in [5.74, 6) is 0.865. The van der Waals surface area contributed by atoms with Crippen LogP contribution in [0.4, 0.5) is 0 Å². The van der Waals surface area contributed by atoms with E-state index in [1.54, 1.807) is 0 Å². The molecule has 1 aliphatic rings. The van der Waals surface area contributed by atoms with Crippen LogP contribution in [0.15, 0.2) is 0 Å². The Kier molecular flexibility index (Phi) is 4.34. The van der Waals surface area contributed by atoms with Crippen molar-refractivity contribution in [3.63, 3.8) is 0 Å². The van der Waals surface area contributed by atoms with Gasteiger partial charge in [0.25, 0.3) is 0 Å². The molecule has 1 aliphatic heterocycles. The smallest absolute Gasteiger partial charge is 0.150 e. The number of rotatable bonds is 5. The van der Waals surface area contributed by atoms with E-state index in [2.05, 4.69) is 5.32 Å². The molecule has 2 unspecified atom stereocenters. The minimum Gasteiger partial charge on any atom is -0.380 e. The Labute approximate surface area is 85.9 Å². The number of likely N-dealkylation sites (N-methyl/N-ethyl adjacent to an activating group) is 1. The van der Waals surface area contributed by atoms with Crippen molar-refractivity contribution in [2.24, 2.45) is 5.92 Å². The fourth-order valence-electron chi connectivity index (χ4n) is 1.84. The molecule has 0 amide bonds. The summed E-state index contributed by atoms with van der Waals surface area (Å²) < 4.78 is 27.8. The average molecular weight is 221 g/mol. The number of hydrogen-bond acceptors (Lipinski definition) is 4. The molecule has 1 heterocycles. The van der Waals surface area contributed by atoms with Gasteiger partial charge in [-0.2, -0.15) is 0 Å². The lowest BCUT2D eigenvalue weighted by atomic mass is 10.0. The maximum Gasteiger partial charge on any atom is 0.150 e. The first kappa shape index (κ1) is 11.9. The van der Waals surface area contributed by atoms with E-state index in [4.69, 9.17) is 4.74 Å². The van der Waals surface area contributed by atoms with E-state index in [0.717, 1.165) is 6.42 Å². The predicted octanol–water partition coefficient (Wildman–Crippen LogP) is 0.0456. The van der Waals surface area contributed by atoms with Crippen LogP contribution in [-0.2, 0) is 14.6 Å². The molecule has 1 N–H and O–H groups in total. The van der Waals surface area contributed by atoms with E-state index in [0.29, 0.717) is 24.7 Å². The summed E-state index contributed by atoms with van der Waals surface area (Å²) in [6.45, 7) is 3.23. The van der Waals surface area contributed by atoms with Crippen molar-refractivity contribution in [3.8, 4) is 0 Å². The van der Waals surface area contributed by atoms with E-state index in [1.165, 1.54) is 0 Å². The Balaban J connectivity index is 2.46. The zero-order valence-corrected chi connectivity index (χ0v) is 9.64. The number of ether oxygens (including phenoxy) is 1. The molecule has 1 fully saturated rings. The topological polar surface area (TPSA) is 55.4 Å². The highest BCUT2D eigenvalue weighted by Gasteiger charge is 2.32. The van der Waals surface area contributed by atoms with Crippen molar-refractivity contribution >= 4 is 9.84 Å². The largest absolute Gasteiger partial charge is 0.380 e. The third-order valence-corrected chi connectivity index (χ3v) is 4.50. The zero-order valence-electron chi connectivity index (χ0n) is 8.82. The molecule has 0 bridgehead atoms. The van der Waals surface area contributed by atoms with Gasteiger partial charge >= 0.3 is 0 Å². The van der Waals surface area contributed by atoms with Gasteiger partial charge in [-0.25, -0.2) is 8.42 Å². The first-order chi connectivity index (χ1) is 6.59. The van der Waals surface area contributed by atoms with E-state index >= 15 is 0 Å². The summed E-state index contributed by atoms with van der Waals surface area (Å²) in [6, 6.07) is 0.173. The maximum atomic E-state index is 11.3. The molecule has 0 aromatic rings. The van der Waals surface area contributed by atoms with Crippen molar-refractivity contribution in [1.29, 1.82) is 0 Å². The van der Waals surface area contributed by atoms with Crippen LogP contribution in [0.2, 0.25) is 0 Å². The van der Waals surface area contributed by atoms with Crippen molar-refractivity contribution in [2.75, 3.05) is 31.8 Å². The first-order valence-corrected chi connectivity index (χ1v) is 6.86. The Bertz CT molecular complexity index is 263. The Morgan fingerprint density at radius 3 is 2.71 bits per heavy atom. The molecule has 0 radical (unpaired) electrons. The van der Waals surface area contributed by atoms with Gasteiger partial charge in [-0.05, 0) is 26.3 Å². The van der Waals surface area contributed by atoms with Gasteiger partial charge in [-0.3, -0.25) is 0 Å². The van der Waals surface area contributed by atoms with E-state index in [1.807, 2.05) is 14.0 Å².